The van der Waals surface area contributed by atoms with Gasteiger partial charge < -0.3 is 65.1 Å². The first kappa shape index (κ1) is 87.0. The maximum atomic E-state index is 13.4. The van der Waals surface area contributed by atoms with Gasteiger partial charge >= 0.3 is 0 Å². The molecular formula is C79H147NO13. The van der Waals surface area contributed by atoms with Crippen molar-refractivity contribution in [1.29, 1.82) is 0 Å². The number of carbonyl (C=O) groups excluding carboxylic acids is 1. The van der Waals surface area contributed by atoms with Crippen LogP contribution in [-0.4, -0.2) is 140 Å². The van der Waals surface area contributed by atoms with Crippen molar-refractivity contribution in [1.82, 2.24) is 5.32 Å². The van der Waals surface area contributed by atoms with Crippen molar-refractivity contribution >= 4 is 5.91 Å². The minimum atomic E-state index is -1.79. The molecule has 2 aliphatic rings. The van der Waals surface area contributed by atoms with Gasteiger partial charge in [-0.15, -0.1) is 0 Å². The molecule has 12 atom stereocenters. The first-order valence-corrected chi connectivity index (χ1v) is 39.4. The van der Waals surface area contributed by atoms with Crippen molar-refractivity contribution < 1.29 is 64.6 Å². The van der Waals surface area contributed by atoms with E-state index in [4.69, 9.17) is 18.9 Å². The first-order valence-electron chi connectivity index (χ1n) is 39.4. The number of ether oxygens (including phenoxy) is 4. The highest BCUT2D eigenvalue weighted by Crippen LogP contribution is 2.30. The Kier molecular flexibility index (Phi) is 59.3. The number of hydrogen-bond donors (Lipinski definition) is 9. The molecule has 0 aromatic rings. The van der Waals surface area contributed by atoms with Gasteiger partial charge in [-0.2, -0.15) is 0 Å². The Morgan fingerprint density at radius 2 is 0.720 bits per heavy atom. The molecule has 93 heavy (non-hydrogen) atoms. The van der Waals surface area contributed by atoms with Crippen molar-refractivity contribution in [3.63, 3.8) is 0 Å². The van der Waals surface area contributed by atoms with Crippen molar-refractivity contribution in [2.45, 2.75) is 428 Å². The maximum Gasteiger partial charge on any atom is 0.220 e. The van der Waals surface area contributed by atoms with Gasteiger partial charge in [-0.1, -0.05) is 332 Å². The average Bonchev–Trinajstić information content (AvgIpc) is 0.854. The van der Waals surface area contributed by atoms with Crippen LogP contribution < -0.4 is 5.32 Å². The predicted molar refractivity (Wildman–Crippen MR) is 383 cm³/mol. The summed E-state index contributed by atoms with van der Waals surface area (Å²) in [6.07, 6.45) is 67.6. The molecule has 2 heterocycles. The molecule has 9 N–H and O–H groups in total. The van der Waals surface area contributed by atoms with Gasteiger partial charge in [0.1, 0.15) is 48.8 Å². The minimum Gasteiger partial charge on any atom is -0.394 e. The number of aliphatic hydroxyl groups is 8. The Labute approximate surface area is 569 Å². The lowest BCUT2D eigenvalue weighted by molar-refractivity contribution is -0.359. The fraction of sp³-hybridized carbons (Fsp3) is 0.886. The molecule has 12 unspecified atom stereocenters. The largest absolute Gasteiger partial charge is 0.394 e. The highest BCUT2D eigenvalue weighted by molar-refractivity contribution is 5.76. The van der Waals surface area contributed by atoms with Crippen molar-refractivity contribution in [2.24, 2.45) is 0 Å². The zero-order chi connectivity index (χ0) is 67.3. The van der Waals surface area contributed by atoms with Gasteiger partial charge in [-0.25, -0.2) is 0 Å². The molecule has 0 saturated carbocycles. The van der Waals surface area contributed by atoms with Crippen molar-refractivity contribution in [3.05, 3.63) is 48.6 Å². The monoisotopic (exact) mass is 1320 g/mol. The van der Waals surface area contributed by atoms with Gasteiger partial charge in [0.25, 0.3) is 0 Å². The second kappa shape index (κ2) is 63.4. The first-order chi connectivity index (χ1) is 45.6. The van der Waals surface area contributed by atoms with Crippen LogP contribution in [0.25, 0.3) is 0 Å². The van der Waals surface area contributed by atoms with Crippen molar-refractivity contribution in [3.8, 4) is 0 Å². The summed E-state index contributed by atoms with van der Waals surface area (Å²) in [5, 5.41) is 87.6. The lowest BCUT2D eigenvalue weighted by atomic mass is 9.97. The van der Waals surface area contributed by atoms with Gasteiger partial charge in [0.05, 0.1) is 32.0 Å². The van der Waals surface area contributed by atoms with Crippen LogP contribution in [0.5, 0.6) is 0 Å². The van der Waals surface area contributed by atoms with E-state index in [1.54, 1.807) is 6.08 Å². The number of carbonyl (C=O) groups is 1. The summed E-state index contributed by atoms with van der Waals surface area (Å²) in [7, 11) is 0. The lowest BCUT2D eigenvalue weighted by Crippen LogP contribution is -2.65. The van der Waals surface area contributed by atoms with Crippen LogP contribution in [0.1, 0.15) is 354 Å². The van der Waals surface area contributed by atoms with E-state index in [1.807, 2.05) is 6.08 Å². The number of unbranched alkanes of at least 4 members (excludes halogenated alkanes) is 47. The number of nitrogens with one attached hydrogen (secondary N) is 1. The third-order valence-corrected chi connectivity index (χ3v) is 19.2. The molecule has 2 rings (SSSR count). The molecule has 1 amide bonds. The highest BCUT2D eigenvalue weighted by Gasteiger charge is 2.51. The standard InChI is InChI=1S/C79H147NO13/c1-3-5-7-9-11-13-15-17-19-21-23-25-27-29-31-32-33-34-35-37-38-40-42-44-46-48-50-52-54-56-58-60-62-68(83)67(66-90-78-76(89)74(87)77(70(65-82)92-78)93-79-75(88)73(86)72(85)69(64-81)91-79)80-71(84)63-61-59-57-55-53-51-49-47-45-43-41-39-36-30-28-26-24-22-20-18-16-14-12-10-8-6-4-2/h16,18,22,24,52,54,60,62,67-70,72-79,81-83,85-89H,3-15,17,19-21,23,25-51,53,55-59,61,63-66H2,1-2H3,(H,80,84)/b18-16-,24-22-,54-52+,62-60+. The molecule has 2 fully saturated rings. The molecule has 14 heteroatoms. The zero-order valence-corrected chi connectivity index (χ0v) is 59.8. The third-order valence-electron chi connectivity index (χ3n) is 19.2. The van der Waals surface area contributed by atoms with Crippen LogP contribution in [0.3, 0.4) is 0 Å². The van der Waals surface area contributed by atoms with Crippen LogP contribution in [-0.2, 0) is 23.7 Å². The molecule has 2 saturated heterocycles. The fourth-order valence-corrected chi connectivity index (χ4v) is 13.0. The number of hydrogen-bond acceptors (Lipinski definition) is 13. The minimum absolute atomic E-state index is 0.244. The van der Waals surface area contributed by atoms with Gasteiger partial charge in [0.15, 0.2) is 12.6 Å². The molecule has 0 spiro atoms. The van der Waals surface area contributed by atoms with E-state index in [2.05, 4.69) is 55.6 Å². The van der Waals surface area contributed by atoms with Crippen LogP contribution in [0, 0.1) is 0 Å². The summed E-state index contributed by atoms with van der Waals surface area (Å²) in [5.41, 5.74) is 0. The normalized spacial score (nSPS) is 22.8. The Hall–Kier alpha value is -2.05. The second-order valence-corrected chi connectivity index (χ2v) is 27.8. The van der Waals surface area contributed by atoms with E-state index in [9.17, 15) is 45.6 Å². The highest BCUT2D eigenvalue weighted by atomic mass is 16.7. The van der Waals surface area contributed by atoms with E-state index in [1.165, 1.54) is 283 Å². The van der Waals surface area contributed by atoms with Crippen LogP contribution in [0.15, 0.2) is 48.6 Å². The van der Waals surface area contributed by atoms with Crippen LogP contribution in [0.4, 0.5) is 0 Å². The number of aliphatic hydroxyl groups excluding tert-OH is 8. The lowest BCUT2D eigenvalue weighted by Gasteiger charge is -2.46. The Balaban J connectivity index is 1.64. The predicted octanol–water partition coefficient (Wildman–Crippen LogP) is 17.4. The Morgan fingerprint density at radius 1 is 0.387 bits per heavy atom. The molecule has 0 aromatic carbocycles. The maximum absolute atomic E-state index is 13.4. The van der Waals surface area contributed by atoms with E-state index < -0.39 is 86.8 Å². The molecule has 0 radical (unpaired) electrons. The van der Waals surface area contributed by atoms with Crippen LogP contribution >= 0.6 is 0 Å². The molecule has 0 aliphatic carbocycles. The quantitative estimate of drug-likeness (QED) is 0.0204. The molecule has 2 aliphatic heterocycles. The molecule has 14 nitrogen and oxygen atoms in total. The third kappa shape index (κ3) is 46.8. The van der Waals surface area contributed by atoms with E-state index in [-0.39, 0.29) is 18.9 Å². The summed E-state index contributed by atoms with van der Waals surface area (Å²) in [4.78, 5) is 13.4. The second-order valence-electron chi connectivity index (χ2n) is 27.8. The number of rotatable bonds is 66. The topological polar surface area (TPSA) is 228 Å². The summed E-state index contributed by atoms with van der Waals surface area (Å²) < 4.78 is 22.9. The van der Waals surface area contributed by atoms with Gasteiger partial charge in [0.2, 0.25) is 5.91 Å². The summed E-state index contributed by atoms with van der Waals surface area (Å²) in [5.74, 6) is -0.244. The summed E-state index contributed by atoms with van der Waals surface area (Å²) in [6.45, 7) is 2.83. The van der Waals surface area contributed by atoms with E-state index in [0.717, 1.165) is 38.5 Å². The summed E-state index contributed by atoms with van der Waals surface area (Å²) in [6, 6.07) is -0.934. The molecule has 0 aromatic heterocycles. The van der Waals surface area contributed by atoms with E-state index >= 15 is 0 Å². The zero-order valence-electron chi connectivity index (χ0n) is 59.8. The van der Waals surface area contributed by atoms with Crippen molar-refractivity contribution in [2.75, 3.05) is 19.8 Å². The van der Waals surface area contributed by atoms with E-state index in [0.29, 0.717) is 12.8 Å². The SMILES string of the molecule is CCCCCCC/C=C\C/C=C\CCCCCCCCCCCCCCCCCC(=O)NC(COC1OC(CO)C(OC2OC(CO)C(O)C(O)C2O)C(O)C1O)C(O)/C=C/CC/C=C/CCCCCCCCCCCCCCCCCCCCCCCCCCCC. The molecule has 0 bridgehead atoms. The van der Waals surface area contributed by atoms with Gasteiger partial charge in [0, 0.05) is 6.42 Å². The average molecular weight is 1320 g/mol. The fourth-order valence-electron chi connectivity index (χ4n) is 13.0. The van der Waals surface area contributed by atoms with Gasteiger partial charge in [-0.3, -0.25) is 4.79 Å². The molecular weight excluding hydrogens is 1170 g/mol. The number of allylic oxidation sites excluding steroid dienone is 7. The van der Waals surface area contributed by atoms with Crippen LogP contribution in [0.2, 0.25) is 0 Å². The smallest absolute Gasteiger partial charge is 0.220 e. The van der Waals surface area contributed by atoms with Gasteiger partial charge in [-0.05, 0) is 64.2 Å². The summed E-state index contributed by atoms with van der Waals surface area (Å²) >= 11 is 0. The Morgan fingerprint density at radius 3 is 1.12 bits per heavy atom. The molecule has 546 valence electrons. The Bertz CT molecular complexity index is 1750. The number of amides is 1.